The van der Waals surface area contributed by atoms with Gasteiger partial charge in [0.1, 0.15) is 0 Å². The van der Waals surface area contributed by atoms with E-state index in [0.717, 1.165) is 0 Å². The minimum absolute atomic E-state index is 1.17. The van der Waals surface area contributed by atoms with E-state index in [0.29, 0.717) is 0 Å². The molecule has 0 bridgehead atoms. The van der Waals surface area contributed by atoms with Crippen molar-refractivity contribution in [3.63, 3.8) is 0 Å². The number of nitrogens with zero attached hydrogens (tertiary/aromatic N) is 1. The van der Waals surface area contributed by atoms with Gasteiger partial charge >= 0.3 is 0 Å². The summed E-state index contributed by atoms with van der Waals surface area (Å²) in [6.45, 7) is 12.9. The van der Waals surface area contributed by atoms with Gasteiger partial charge in [0.15, 0.2) is 0 Å². The molecule has 0 amide bonds. The van der Waals surface area contributed by atoms with Gasteiger partial charge in [-0.1, -0.05) is 218 Å². The molecule has 0 aromatic rings. The van der Waals surface area contributed by atoms with E-state index in [9.17, 15) is 0 Å². The summed E-state index contributed by atoms with van der Waals surface area (Å²) in [7, 11) is 0. The molecule has 0 rings (SSSR count). The fourth-order valence-corrected chi connectivity index (χ4v) is 6.37. The fourth-order valence-electron chi connectivity index (χ4n) is 6.37. The molecule has 0 N–H and O–H groups in total. The highest BCUT2D eigenvalue weighted by Crippen LogP contribution is 2.16. The summed E-state index contributed by atoms with van der Waals surface area (Å²) >= 11 is 0. The lowest BCUT2D eigenvalue weighted by molar-refractivity contribution is 0.285. The molecular weight excluding hydrogens is 506 g/mol. The maximum Gasteiger partial charge on any atom is 0.0165 e. The lowest BCUT2D eigenvalue weighted by atomic mass is 10.0. The monoisotopic (exact) mass is 590 g/mol. The smallest absolute Gasteiger partial charge is 0.0165 e. The first kappa shape index (κ1) is 41.7. The van der Waals surface area contributed by atoms with Crippen LogP contribution in [-0.2, 0) is 0 Å². The maximum absolute atomic E-state index is 2.74. The van der Waals surface area contributed by atoms with E-state index in [1.807, 2.05) is 0 Å². The zero-order chi connectivity index (χ0) is 30.6. The molecule has 252 valence electrons. The molecule has 0 aliphatic rings. The minimum atomic E-state index is 1.17. The average Bonchev–Trinajstić information content (AvgIpc) is 2.98. The third-order valence-corrected chi connectivity index (χ3v) is 9.41. The molecule has 0 fully saturated rings. The molecule has 0 spiro atoms. The molecule has 0 aliphatic carbocycles. The first-order valence-electron chi connectivity index (χ1n) is 20.1. The Morgan fingerprint density at radius 2 is 0.548 bits per heavy atom. The standard InChI is InChI=1S/C41H83N/c1-5-7-9-11-13-15-17-19-21-23-25-27-29-31-33-35-38-42(40-37-41(3)4)39-36-34-32-30-28-26-24-22-20-18-16-14-12-10-8-6-2/h37H,5-36,38-40H2,1-4H3. The number of hydrogen-bond acceptors (Lipinski definition) is 1. The van der Waals surface area contributed by atoms with E-state index < -0.39 is 0 Å². The van der Waals surface area contributed by atoms with Crippen LogP contribution in [0.3, 0.4) is 0 Å². The molecule has 0 unspecified atom stereocenters. The van der Waals surface area contributed by atoms with Crippen molar-refractivity contribution in [2.24, 2.45) is 0 Å². The molecule has 0 radical (unpaired) electrons. The van der Waals surface area contributed by atoms with Crippen LogP contribution in [-0.4, -0.2) is 24.5 Å². The second-order valence-corrected chi connectivity index (χ2v) is 14.2. The van der Waals surface area contributed by atoms with Crippen LogP contribution in [0.5, 0.6) is 0 Å². The predicted octanol–water partition coefficient (Wildman–Crippen LogP) is 14.8. The minimum Gasteiger partial charge on any atom is -0.300 e. The van der Waals surface area contributed by atoms with Crippen molar-refractivity contribution in [3.8, 4) is 0 Å². The molecule has 0 saturated carbocycles. The Bertz CT molecular complexity index is 469. The third kappa shape index (κ3) is 35.9. The van der Waals surface area contributed by atoms with Crippen LogP contribution in [0.25, 0.3) is 0 Å². The van der Waals surface area contributed by atoms with Crippen molar-refractivity contribution in [1.29, 1.82) is 0 Å². The van der Waals surface area contributed by atoms with Crippen LogP contribution >= 0.6 is 0 Å². The van der Waals surface area contributed by atoms with E-state index in [1.54, 1.807) is 0 Å². The topological polar surface area (TPSA) is 3.24 Å². The molecule has 0 aromatic heterocycles. The van der Waals surface area contributed by atoms with Gasteiger partial charge in [-0.05, 0) is 39.8 Å². The lowest BCUT2D eigenvalue weighted by Crippen LogP contribution is -2.26. The van der Waals surface area contributed by atoms with Crippen LogP contribution in [0, 0.1) is 0 Å². The van der Waals surface area contributed by atoms with Gasteiger partial charge in [-0.3, -0.25) is 4.90 Å². The first-order valence-corrected chi connectivity index (χ1v) is 20.1. The van der Waals surface area contributed by atoms with Gasteiger partial charge in [-0.15, -0.1) is 0 Å². The zero-order valence-corrected chi connectivity index (χ0v) is 30.3. The molecule has 1 nitrogen and oxygen atoms in total. The van der Waals surface area contributed by atoms with Crippen LogP contribution in [0.4, 0.5) is 0 Å². The van der Waals surface area contributed by atoms with E-state index in [2.05, 4.69) is 38.7 Å². The molecule has 0 heterocycles. The van der Waals surface area contributed by atoms with E-state index in [4.69, 9.17) is 0 Å². The van der Waals surface area contributed by atoms with E-state index in [-0.39, 0.29) is 0 Å². The number of unbranched alkanes of at least 4 members (excludes halogenated alkanes) is 30. The summed E-state index contributed by atoms with van der Waals surface area (Å²) in [4.78, 5) is 2.74. The van der Waals surface area contributed by atoms with Crippen LogP contribution in [0.15, 0.2) is 11.6 Å². The second-order valence-electron chi connectivity index (χ2n) is 14.2. The summed E-state index contributed by atoms with van der Waals surface area (Å²) in [6, 6.07) is 0. The van der Waals surface area contributed by atoms with E-state index >= 15 is 0 Å². The highest BCUT2D eigenvalue weighted by molar-refractivity contribution is 4.94. The highest BCUT2D eigenvalue weighted by atomic mass is 15.1. The van der Waals surface area contributed by atoms with Gasteiger partial charge in [-0.25, -0.2) is 0 Å². The maximum atomic E-state index is 2.74. The van der Waals surface area contributed by atoms with Gasteiger partial charge in [0, 0.05) is 6.54 Å². The van der Waals surface area contributed by atoms with Crippen molar-refractivity contribution >= 4 is 0 Å². The molecule has 42 heavy (non-hydrogen) atoms. The summed E-state index contributed by atoms with van der Waals surface area (Å²) < 4.78 is 0. The van der Waals surface area contributed by atoms with Crippen LogP contribution < -0.4 is 0 Å². The summed E-state index contributed by atoms with van der Waals surface area (Å²) in [6.07, 6.45) is 49.1. The van der Waals surface area contributed by atoms with Crippen molar-refractivity contribution in [3.05, 3.63) is 11.6 Å². The molecular formula is C41H83N. The van der Waals surface area contributed by atoms with Crippen molar-refractivity contribution < 1.29 is 0 Å². The molecule has 0 aliphatic heterocycles. The Labute approximate surface area is 268 Å². The van der Waals surface area contributed by atoms with Crippen LogP contribution in [0.1, 0.15) is 233 Å². The highest BCUT2D eigenvalue weighted by Gasteiger charge is 2.04. The molecule has 0 aromatic carbocycles. The Morgan fingerprint density at radius 3 is 0.762 bits per heavy atom. The van der Waals surface area contributed by atoms with Gasteiger partial charge in [0.05, 0.1) is 0 Å². The number of allylic oxidation sites excluding steroid dienone is 1. The van der Waals surface area contributed by atoms with Gasteiger partial charge < -0.3 is 0 Å². The Kier molecular flexibility index (Phi) is 36.6. The fraction of sp³-hybridized carbons (Fsp3) is 0.951. The van der Waals surface area contributed by atoms with Gasteiger partial charge in [0.25, 0.3) is 0 Å². The largest absolute Gasteiger partial charge is 0.300 e. The van der Waals surface area contributed by atoms with E-state index in [1.165, 1.54) is 231 Å². The zero-order valence-electron chi connectivity index (χ0n) is 30.3. The van der Waals surface area contributed by atoms with Crippen LogP contribution in [0.2, 0.25) is 0 Å². The first-order chi connectivity index (χ1) is 20.7. The summed E-state index contributed by atoms with van der Waals surface area (Å²) in [5.41, 5.74) is 1.47. The number of rotatable bonds is 36. The lowest BCUT2D eigenvalue weighted by Gasteiger charge is -2.21. The van der Waals surface area contributed by atoms with Gasteiger partial charge in [-0.2, -0.15) is 0 Å². The summed E-state index contributed by atoms with van der Waals surface area (Å²) in [5.74, 6) is 0. The second kappa shape index (κ2) is 36.9. The Morgan fingerprint density at radius 1 is 0.333 bits per heavy atom. The third-order valence-electron chi connectivity index (χ3n) is 9.41. The SMILES string of the molecule is CCCCCCCCCCCCCCCCCCN(CC=C(C)C)CCCCCCCCCCCCCCCCCC. The molecule has 0 atom stereocenters. The predicted molar refractivity (Wildman–Crippen MR) is 195 cm³/mol. The Balaban J connectivity index is 3.56. The summed E-state index contributed by atoms with van der Waals surface area (Å²) in [5, 5.41) is 0. The van der Waals surface area contributed by atoms with Crippen molar-refractivity contribution in [2.45, 2.75) is 233 Å². The molecule has 0 saturated heterocycles. The van der Waals surface area contributed by atoms with Crippen molar-refractivity contribution in [1.82, 2.24) is 4.90 Å². The van der Waals surface area contributed by atoms with Crippen molar-refractivity contribution in [2.75, 3.05) is 19.6 Å². The van der Waals surface area contributed by atoms with Gasteiger partial charge in [0.2, 0.25) is 0 Å². The normalized spacial score (nSPS) is 11.5. The Hall–Kier alpha value is -0.300. The molecule has 1 heteroatoms. The average molecular weight is 590 g/mol. The number of hydrogen-bond donors (Lipinski definition) is 0. The quantitative estimate of drug-likeness (QED) is 0.0519.